The van der Waals surface area contributed by atoms with Gasteiger partial charge in [-0.3, -0.25) is 19.7 Å². The summed E-state index contributed by atoms with van der Waals surface area (Å²) >= 11 is 1.82. The van der Waals surface area contributed by atoms with Crippen molar-refractivity contribution in [3.8, 4) is 17.1 Å². The van der Waals surface area contributed by atoms with Crippen LogP contribution in [0.25, 0.3) is 22.3 Å². The molecule has 8 rings (SSSR count). The van der Waals surface area contributed by atoms with Crippen LogP contribution in [-0.2, 0) is 34.7 Å². The number of amides is 2. The predicted octanol–water partition coefficient (Wildman–Crippen LogP) is 5.39. The van der Waals surface area contributed by atoms with Gasteiger partial charge in [-0.25, -0.2) is 14.6 Å². The molecule has 56 heavy (non-hydrogen) atoms. The highest BCUT2D eigenvalue weighted by Crippen LogP contribution is 2.41. The van der Waals surface area contributed by atoms with Crippen LogP contribution in [0.2, 0.25) is 0 Å². The average Bonchev–Trinajstić information content (AvgIpc) is 3.57. The monoisotopic (exact) mass is 878 g/mol. The third-order valence-corrected chi connectivity index (χ3v) is 12.3. The fraction of sp³-hybridized carbons (Fsp3) is 0.425. The molecule has 0 radical (unpaired) electrons. The van der Waals surface area contributed by atoms with Crippen molar-refractivity contribution in [2.24, 2.45) is 5.73 Å². The predicted molar refractivity (Wildman–Crippen MR) is 214 cm³/mol. The molecule has 0 saturated carbocycles. The Balaban J connectivity index is 0.000000316. The van der Waals surface area contributed by atoms with Gasteiger partial charge in [0.2, 0.25) is 5.91 Å². The number of halogens is 1. The summed E-state index contributed by atoms with van der Waals surface area (Å²) in [6.07, 6.45) is 6.26. The first-order valence-electron chi connectivity index (χ1n) is 18.9. The van der Waals surface area contributed by atoms with Crippen molar-refractivity contribution in [3.05, 3.63) is 94.3 Å². The minimum Gasteiger partial charge on any atom is -0.458 e. The molecule has 2 saturated heterocycles. The van der Waals surface area contributed by atoms with Crippen LogP contribution in [0.3, 0.4) is 0 Å². The Morgan fingerprint density at radius 3 is 2.45 bits per heavy atom. The van der Waals surface area contributed by atoms with Crippen molar-refractivity contribution in [2.75, 3.05) is 26.2 Å². The molecular formula is C40H43IN6O9. The van der Waals surface area contributed by atoms with Gasteiger partial charge < -0.3 is 34.7 Å². The summed E-state index contributed by atoms with van der Waals surface area (Å²) in [5, 5.41) is 22.5. The standard InChI is InChI=1S/C33H38N4O6.C7H5IN2O3/c1-3-22-23-16-21(43-32(40)36-14-10-20(11-15-36)35-12-6-5-7-13-35)8-9-27(23)34-29-24(22)18-37-28(29)17-26-25(30(37)38)19-42-31(39)33(26,41)4-2;8-5-2-1-4(7(9)11)3-6(5)10(12)13/h8-9,16-17,20,41H,3-7,10-15,18-19H2,1-2H3;1-3H,(H2,9,11)/t33-;/m0./s1. The van der Waals surface area contributed by atoms with Gasteiger partial charge in [-0.1, -0.05) is 20.3 Å². The van der Waals surface area contributed by atoms with Crippen molar-refractivity contribution < 1.29 is 33.9 Å². The third kappa shape index (κ3) is 7.25. The number of nitrogens with zero attached hydrogens (tertiary/aromatic N) is 5. The fourth-order valence-electron chi connectivity index (χ4n) is 8.28. The highest BCUT2D eigenvalue weighted by molar-refractivity contribution is 14.1. The number of nitro groups is 1. The number of cyclic esters (lactones) is 1. The quantitative estimate of drug-likeness (QED) is 0.0960. The Labute approximate surface area is 336 Å². The molecule has 0 aliphatic carbocycles. The minimum atomic E-state index is -1.86. The number of primary amides is 1. The molecular weight excluding hydrogens is 835 g/mol. The molecule has 4 aromatic rings. The molecule has 2 fully saturated rings. The van der Waals surface area contributed by atoms with Gasteiger partial charge in [0.15, 0.2) is 5.60 Å². The summed E-state index contributed by atoms with van der Waals surface area (Å²) in [6, 6.07) is 11.9. The maximum Gasteiger partial charge on any atom is 0.415 e. The topological polar surface area (TPSA) is 200 Å². The molecule has 2 amide bonds. The molecule has 2 aromatic heterocycles. The van der Waals surface area contributed by atoms with Crippen LogP contribution >= 0.6 is 22.6 Å². The number of hydrogen-bond acceptors (Lipinski definition) is 11. The van der Waals surface area contributed by atoms with Crippen molar-refractivity contribution in [1.82, 2.24) is 19.4 Å². The lowest BCUT2D eigenvalue weighted by molar-refractivity contribution is -0.385. The SMILES string of the molecule is CCc1c2c(nc3ccc(OC(=O)N4CCC(N5CCCCC5)CC4)cc13)-c1cc3c(c(=O)n1C2)COC(=O)[C@]3(O)CC.NC(=O)c1ccc(I)c([N+](=O)[O-])c1. The molecule has 0 unspecified atom stereocenters. The van der Waals surface area contributed by atoms with Gasteiger partial charge in [0.05, 0.1) is 37.5 Å². The highest BCUT2D eigenvalue weighted by atomic mass is 127. The van der Waals surface area contributed by atoms with Gasteiger partial charge in [-0.2, -0.15) is 0 Å². The van der Waals surface area contributed by atoms with Crippen molar-refractivity contribution in [1.29, 1.82) is 0 Å². The van der Waals surface area contributed by atoms with E-state index in [1.54, 1.807) is 23.6 Å². The van der Waals surface area contributed by atoms with E-state index in [-0.39, 0.29) is 35.9 Å². The summed E-state index contributed by atoms with van der Waals surface area (Å²) in [5.74, 6) is -0.933. The zero-order chi connectivity index (χ0) is 39.9. The first-order valence-corrected chi connectivity index (χ1v) is 20.0. The number of rotatable bonds is 6. The van der Waals surface area contributed by atoms with Crippen LogP contribution in [0.15, 0.2) is 47.3 Å². The number of nitrogens with two attached hydrogens (primary N) is 1. The molecule has 16 heteroatoms. The number of aryl methyl sites for hydroxylation is 1. The number of piperidine rings is 2. The number of benzene rings is 2. The van der Waals surface area contributed by atoms with Crippen LogP contribution in [-0.4, -0.2) is 79.6 Å². The molecule has 3 N–H and O–H groups in total. The van der Waals surface area contributed by atoms with E-state index in [1.807, 2.05) is 39.6 Å². The summed E-state index contributed by atoms with van der Waals surface area (Å²) in [7, 11) is 0. The zero-order valence-corrected chi connectivity index (χ0v) is 33.4. The number of ether oxygens (including phenoxy) is 2. The van der Waals surface area contributed by atoms with E-state index in [0.717, 1.165) is 34.9 Å². The van der Waals surface area contributed by atoms with Crippen LogP contribution in [0, 0.1) is 13.7 Å². The molecule has 0 bridgehead atoms. The molecule has 2 aromatic carbocycles. The van der Waals surface area contributed by atoms with Crippen molar-refractivity contribution in [3.63, 3.8) is 0 Å². The van der Waals surface area contributed by atoms with Crippen molar-refractivity contribution >= 4 is 57.2 Å². The largest absolute Gasteiger partial charge is 0.458 e. The number of nitro benzene ring substituents is 1. The number of aliphatic hydroxyl groups is 1. The van der Waals surface area contributed by atoms with E-state index in [4.69, 9.17) is 20.2 Å². The number of hydrogen-bond donors (Lipinski definition) is 2. The van der Waals surface area contributed by atoms with E-state index in [2.05, 4.69) is 11.8 Å². The molecule has 294 valence electrons. The Hall–Kier alpha value is -4.94. The third-order valence-electron chi connectivity index (χ3n) is 11.4. The number of aromatic nitrogens is 2. The second-order valence-electron chi connectivity index (χ2n) is 14.5. The van der Waals surface area contributed by atoms with Crippen LogP contribution in [0.4, 0.5) is 10.5 Å². The lowest BCUT2D eigenvalue weighted by Crippen LogP contribution is -2.48. The second kappa shape index (κ2) is 15.9. The Bertz CT molecular complexity index is 2320. The van der Waals surface area contributed by atoms with Gasteiger partial charge >= 0.3 is 12.1 Å². The molecule has 4 aliphatic heterocycles. The summed E-state index contributed by atoms with van der Waals surface area (Å²) < 4.78 is 13.2. The zero-order valence-electron chi connectivity index (χ0n) is 31.2. The Kier molecular flexibility index (Phi) is 11.2. The van der Waals surface area contributed by atoms with E-state index < -0.39 is 22.4 Å². The number of fused-ring (bicyclic) bond motifs is 5. The maximum absolute atomic E-state index is 13.6. The first-order chi connectivity index (χ1) is 26.8. The first kappa shape index (κ1) is 39.3. The van der Waals surface area contributed by atoms with Gasteiger partial charge in [0.25, 0.3) is 11.2 Å². The highest BCUT2D eigenvalue weighted by Gasteiger charge is 2.45. The smallest absolute Gasteiger partial charge is 0.415 e. The lowest BCUT2D eigenvalue weighted by atomic mass is 9.86. The second-order valence-corrected chi connectivity index (χ2v) is 15.7. The lowest BCUT2D eigenvalue weighted by Gasteiger charge is -2.39. The van der Waals surface area contributed by atoms with Gasteiger partial charge in [0, 0.05) is 47.3 Å². The average molecular weight is 879 g/mol. The summed E-state index contributed by atoms with van der Waals surface area (Å²) in [5.41, 5.74) is 7.40. The van der Waals surface area contributed by atoms with Gasteiger partial charge in [-0.05, 0) is 116 Å². The van der Waals surface area contributed by atoms with Gasteiger partial charge in [0.1, 0.15) is 12.4 Å². The minimum absolute atomic E-state index is 0.0951. The molecule has 6 heterocycles. The van der Waals surface area contributed by atoms with Crippen LogP contribution in [0.5, 0.6) is 5.75 Å². The summed E-state index contributed by atoms with van der Waals surface area (Å²) in [6.45, 7) is 7.65. The molecule has 4 aliphatic rings. The number of pyridine rings is 2. The Morgan fingerprint density at radius 1 is 1.05 bits per heavy atom. The number of likely N-dealkylation sites (tertiary alicyclic amines) is 2. The maximum atomic E-state index is 13.6. The van der Waals surface area contributed by atoms with E-state index in [1.165, 1.54) is 50.6 Å². The number of esters is 1. The van der Waals surface area contributed by atoms with Crippen LogP contribution < -0.4 is 16.0 Å². The molecule has 15 nitrogen and oxygen atoms in total. The van der Waals surface area contributed by atoms with E-state index >= 15 is 0 Å². The number of carbonyl (C=O) groups excluding carboxylic acids is 3. The Morgan fingerprint density at radius 2 is 1.79 bits per heavy atom. The van der Waals surface area contributed by atoms with E-state index in [0.29, 0.717) is 63.9 Å². The molecule has 0 spiro atoms. The van der Waals surface area contributed by atoms with Crippen molar-refractivity contribution in [2.45, 2.75) is 83.6 Å². The van der Waals surface area contributed by atoms with Gasteiger partial charge in [-0.15, -0.1) is 0 Å². The number of carbonyl (C=O) groups is 3. The van der Waals surface area contributed by atoms with Crippen LogP contribution in [0.1, 0.15) is 85.0 Å². The summed E-state index contributed by atoms with van der Waals surface area (Å²) in [4.78, 5) is 69.1. The van der Waals surface area contributed by atoms with E-state index in [9.17, 15) is 34.4 Å². The fourth-order valence-corrected chi connectivity index (χ4v) is 8.81. The normalized spacial score (nSPS) is 19.3. The molecule has 1 atom stereocenters.